The van der Waals surface area contributed by atoms with E-state index in [-0.39, 0.29) is 17.0 Å². The van der Waals surface area contributed by atoms with Crippen LogP contribution in [0.2, 0.25) is 5.04 Å². The molecule has 0 aromatic heterocycles. The minimum Gasteiger partial charge on any atom is -0.465 e. The first-order valence-electron chi connectivity index (χ1n) is 12.3. The molecule has 1 aliphatic heterocycles. The number of carbonyl (C=O) groups is 1. The van der Waals surface area contributed by atoms with Gasteiger partial charge in [-0.05, 0) is 39.7 Å². The molecule has 3 aromatic rings. The lowest BCUT2D eigenvalue weighted by Gasteiger charge is -2.45. The molecule has 1 saturated heterocycles. The fraction of sp³-hybridized carbons (Fsp3) is 0.345. The lowest BCUT2D eigenvalue weighted by Crippen LogP contribution is -2.68. The van der Waals surface area contributed by atoms with Gasteiger partial charge in [-0.25, -0.2) is 4.79 Å². The Hall–Kier alpha value is -2.93. The summed E-state index contributed by atoms with van der Waals surface area (Å²) >= 11 is 0. The van der Waals surface area contributed by atoms with E-state index in [0.29, 0.717) is 12.2 Å². The molecule has 35 heavy (non-hydrogen) atoms. The van der Waals surface area contributed by atoms with Crippen LogP contribution in [0.3, 0.4) is 0 Å². The smallest absolute Gasteiger partial charge is 0.337 e. The van der Waals surface area contributed by atoms with E-state index in [9.17, 15) is 4.79 Å². The first-order chi connectivity index (χ1) is 16.9. The summed E-state index contributed by atoms with van der Waals surface area (Å²) in [6, 6.07) is 29.4. The van der Waals surface area contributed by atoms with Gasteiger partial charge in [0.2, 0.25) is 0 Å². The maximum Gasteiger partial charge on any atom is 0.337 e. The van der Waals surface area contributed by atoms with Gasteiger partial charge in [0.05, 0.1) is 25.3 Å². The van der Waals surface area contributed by atoms with Crippen molar-refractivity contribution in [1.82, 2.24) is 5.32 Å². The van der Waals surface area contributed by atoms with Crippen molar-refractivity contribution >= 4 is 30.3 Å². The van der Waals surface area contributed by atoms with E-state index >= 15 is 0 Å². The third kappa shape index (κ3) is 5.20. The minimum atomic E-state index is -2.61. The number of piperazine rings is 1. The van der Waals surface area contributed by atoms with Gasteiger partial charge in [0.25, 0.3) is 8.32 Å². The third-order valence-corrected chi connectivity index (χ3v) is 11.9. The fourth-order valence-corrected chi connectivity index (χ4v) is 9.74. The monoisotopic (exact) mass is 488 g/mol. The Labute approximate surface area is 210 Å². The van der Waals surface area contributed by atoms with Crippen LogP contribution in [0.15, 0.2) is 84.9 Å². The van der Waals surface area contributed by atoms with E-state index in [4.69, 9.17) is 9.16 Å². The van der Waals surface area contributed by atoms with Gasteiger partial charge in [-0.15, -0.1) is 0 Å². The van der Waals surface area contributed by atoms with E-state index in [1.807, 2.05) is 24.3 Å². The molecular weight excluding hydrogens is 452 g/mol. The third-order valence-electron chi connectivity index (χ3n) is 6.88. The molecule has 1 atom stereocenters. The van der Waals surface area contributed by atoms with Crippen molar-refractivity contribution < 1.29 is 14.0 Å². The van der Waals surface area contributed by atoms with Gasteiger partial charge < -0.3 is 19.4 Å². The van der Waals surface area contributed by atoms with Crippen LogP contribution in [0.4, 0.5) is 5.69 Å². The van der Waals surface area contributed by atoms with E-state index in [1.165, 1.54) is 17.5 Å². The molecule has 1 aliphatic rings. The summed E-state index contributed by atoms with van der Waals surface area (Å²) in [6.07, 6.45) is 0. The first-order valence-corrected chi connectivity index (χ1v) is 14.2. The molecule has 1 N–H and O–H groups in total. The Kier molecular flexibility index (Phi) is 7.74. The highest BCUT2D eigenvalue weighted by Crippen LogP contribution is 2.37. The van der Waals surface area contributed by atoms with Crippen LogP contribution in [-0.4, -0.2) is 53.7 Å². The molecule has 1 fully saturated rings. The average molecular weight is 489 g/mol. The minimum absolute atomic E-state index is 0.0647. The molecule has 0 unspecified atom stereocenters. The molecule has 0 saturated carbocycles. The van der Waals surface area contributed by atoms with Crippen LogP contribution >= 0.6 is 0 Å². The van der Waals surface area contributed by atoms with Crippen LogP contribution in [0.1, 0.15) is 31.1 Å². The average Bonchev–Trinajstić information content (AvgIpc) is 2.89. The van der Waals surface area contributed by atoms with Gasteiger partial charge in [0.1, 0.15) is 0 Å². The van der Waals surface area contributed by atoms with Crippen LogP contribution < -0.4 is 20.6 Å². The van der Waals surface area contributed by atoms with Crippen LogP contribution in [0.5, 0.6) is 0 Å². The van der Waals surface area contributed by atoms with Gasteiger partial charge >= 0.3 is 5.97 Å². The number of ether oxygens (including phenoxy) is 1. The second-order valence-corrected chi connectivity index (χ2v) is 14.4. The van der Waals surface area contributed by atoms with Gasteiger partial charge in [0.15, 0.2) is 0 Å². The topological polar surface area (TPSA) is 50.8 Å². The normalized spacial score (nSPS) is 16.7. The molecule has 4 rings (SSSR count). The molecule has 0 spiro atoms. The number of nitrogens with zero attached hydrogens (tertiary/aromatic N) is 1. The van der Waals surface area contributed by atoms with E-state index in [2.05, 4.69) is 91.7 Å². The van der Waals surface area contributed by atoms with Crippen molar-refractivity contribution in [1.29, 1.82) is 0 Å². The summed E-state index contributed by atoms with van der Waals surface area (Å²) in [5, 5.41) is 6.06. The molecule has 0 aliphatic carbocycles. The highest BCUT2D eigenvalue weighted by atomic mass is 28.4. The molecule has 5 nitrogen and oxygen atoms in total. The second kappa shape index (κ2) is 10.8. The largest absolute Gasteiger partial charge is 0.465 e. The lowest BCUT2D eigenvalue weighted by molar-refractivity contribution is 0.0600. The molecular formula is C29H36N2O3Si. The Morgan fingerprint density at radius 3 is 2.03 bits per heavy atom. The van der Waals surface area contributed by atoms with Crippen LogP contribution in [-0.2, 0) is 9.16 Å². The van der Waals surface area contributed by atoms with Crippen molar-refractivity contribution in [2.45, 2.75) is 31.9 Å². The van der Waals surface area contributed by atoms with Crippen LogP contribution in [0.25, 0.3) is 0 Å². The Bertz CT molecular complexity index is 1060. The lowest BCUT2D eigenvalue weighted by atomic mass is 10.1. The summed E-state index contributed by atoms with van der Waals surface area (Å²) in [5.41, 5.74) is 1.65. The molecule has 0 amide bonds. The van der Waals surface area contributed by atoms with E-state index in [0.717, 1.165) is 25.3 Å². The predicted molar refractivity (Wildman–Crippen MR) is 145 cm³/mol. The van der Waals surface area contributed by atoms with Crippen molar-refractivity contribution in [2.75, 3.05) is 38.3 Å². The number of nitrogens with one attached hydrogen (secondary N) is 1. The number of rotatable bonds is 7. The molecule has 3 aromatic carbocycles. The molecule has 0 bridgehead atoms. The summed E-state index contributed by atoms with van der Waals surface area (Å²) in [5.74, 6) is -0.316. The highest BCUT2D eigenvalue weighted by Gasteiger charge is 2.50. The molecule has 6 heteroatoms. The molecule has 0 radical (unpaired) electrons. The zero-order chi connectivity index (χ0) is 24.9. The first kappa shape index (κ1) is 25.2. The number of anilines is 1. The number of hydrogen-bond donors (Lipinski definition) is 1. The van der Waals surface area contributed by atoms with E-state index < -0.39 is 8.32 Å². The fourth-order valence-electron chi connectivity index (χ4n) is 5.14. The van der Waals surface area contributed by atoms with Crippen molar-refractivity contribution in [3.63, 3.8) is 0 Å². The maximum absolute atomic E-state index is 11.9. The zero-order valence-electron chi connectivity index (χ0n) is 21.2. The number of esters is 1. The Morgan fingerprint density at radius 2 is 1.51 bits per heavy atom. The summed E-state index contributed by atoms with van der Waals surface area (Å²) in [6.45, 7) is 10.2. The highest BCUT2D eigenvalue weighted by molar-refractivity contribution is 6.99. The predicted octanol–water partition coefficient (Wildman–Crippen LogP) is 3.83. The van der Waals surface area contributed by atoms with Crippen LogP contribution in [0, 0.1) is 0 Å². The summed E-state index contributed by atoms with van der Waals surface area (Å²) in [7, 11) is -1.20. The SMILES string of the molecule is COC(=O)c1ccc(N2CCNC[C@H]2CO[Si](c2ccccc2)(c2ccccc2)C(C)(C)C)cc1. The number of hydrogen-bond acceptors (Lipinski definition) is 5. The van der Waals surface area contributed by atoms with Gasteiger partial charge in [0, 0.05) is 25.3 Å². The number of benzene rings is 3. The van der Waals surface area contributed by atoms with Gasteiger partial charge in [-0.3, -0.25) is 0 Å². The van der Waals surface area contributed by atoms with Crippen molar-refractivity contribution in [2.24, 2.45) is 0 Å². The molecule has 1 heterocycles. The van der Waals surface area contributed by atoms with Gasteiger partial charge in [-0.2, -0.15) is 0 Å². The Balaban J connectivity index is 1.66. The van der Waals surface area contributed by atoms with Gasteiger partial charge in [-0.1, -0.05) is 81.4 Å². The quantitative estimate of drug-likeness (QED) is 0.405. The molecule has 184 valence electrons. The maximum atomic E-state index is 11.9. The van der Waals surface area contributed by atoms with Crippen molar-refractivity contribution in [3.05, 3.63) is 90.5 Å². The summed E-state index contributed by atoms with van der Waals surface area (Å²) < 4.78 is 12.1. The second-order valence-electron chi connectivity index (χ2n) is 10.1. The standard InChI is InChI=1S/C29H36N2O3Si/c1-29(2,3)35(26-11-7-5-8-12-26,27-13-9-6-10-14-27)34-22-25-21-30-19-20-31(25)24-17-15-23(16-18-24)28(32)33-4/h5-18,25,30H,19-22H2,1-4H3/t25-/m0/s1. The number of methoxy groups -OCH3 is 1. The zero-order valence-corrected chi connectivity index (χ0v) is 22.2. The number of carbonyl (C=O) groups excluding carboxylic acids is 1. The van der Waals surface area contributed by atoms with Crippen molar-refractivity contribution in [3.8, 4) is 0 Å². The van der Waals surface area contributed by atoms with E-state index in [1.54, 1.807) is 0 Å². The Morgan fingerprint density at radius 1 is 0.943 bits per heavy atom. The summed E-state index contributed by atoms with van der Waals surface area (Å²) in [4.78, 5) is 14.3.